The second-order valence-electron chi connectivity index (χ2n) is 6.17. The predicted octanol–water partition coefficient (Wildman–Crippen LogP) is 3.50. The first-order valence-corrected chi connectivity index (χ1v) is 7.54. The van der Waals surface area contributed by atoms with Crippen LogP contribution in [0.25, 0.3) is 0 Å². The van der Waals surface area contributed by atoms with Gasteiger partial charge in [-0.2, -0.15) is 0 Å². The second-order valence-corrected chi connectivity index (χ2v) is 6.17. The molecule has 2 N–H and O–H groups in total. The summed E-state index contributed by atoms with van der Waals surface area (Å²) in [5.74, 6) is 1.46. The average Bonchev–Trinajstić information content (AvgIpc) is 2.60. The molecular formula is C19H24O4. The fourth-order valence-corrected chi connectivity index (χ4v) is 2.58. The molecule has 124 valence electrons. The molecule has 0 saturated carbocycles. The average molecular weight is 316 g/mol. The quantitative estimate of drug-likeness (QED) is 0.856. The number of ether oxygens (including phenoxy) is 2. The molecule has 0 radical (unpaired) electrons. The summed E-state index contributed by atoms with van der Waals surface area (Å²) in [5.41, 5.74) is 0.718. The van der Waals surface area contributed by atoms with Crippen molar-refractivity contribution in [2.24, 2.45) is 5.41 Å². The number of benzene rings is 2. The molecule has 2 aromatic rings. The predicted molar refractivity (Wildman–Crippen MR) is 89.7 cm³/mol. The van der Waals surface area contributed by atoms with Gasteiger partial charge in [0.2, 0.25) is 0 Å². The minimum atomic E-state index is -0.814. The molecular weight excluding hydrogens is 292 g/mol. The third-order valence-corrected chi connectivity index (χ3v) is 4.27. The van der Waals surface area contributed by atoms with Crippen LogP contribution in [-0.2, 0) is 0 Å². The number of aliphatic hydroxyl groups is 2. The SMILES string of the molecule is COc1ccc([C@@H](O)C(C)(C)[C@@H](O)c2ccc(OC)cc2)cc1. The second kappa shape index (κ2) is 7.02. The van der Waals surface area contributed by atoms with E-state index in [-0.39, 0.29) is 0 Å². The molecule has 23 heavy (non-hydrogen) atoms. The molecule has 2 aromatic carbocycles. The zero-order chi connectivity index (χ0) is 17.0. The molecule has 4 nitrogen and oxygen atoms in total. The molecule has 0 aromatic heterocycles. The molecule has 0 amide bonds. The highest BCUT2D eigenvalue weighted by atomic mass is 16.5. The van der Waals surface area contributed by atoms with Crippen molar-refractivity contribution in [1.29, 1.82) is 0 Å². The molecule has 2 rings (SSSR count). The lowest BCUT2D eigenvalue weighted by Gasteiger charge is -2.36. The Bertz CT molecular complexity index is 561. The Kier molecular flexibility index (Phi) is 5.29. The zero-order valence-electron chi connectivity index (χ0n) is 14.0. The van der Waals surface area contributed by atoms with Gasteiger partial charge >= 0.3 is 0 Å². The van der Waals surface area contributed by atoms with Crippen LogP contribution in [0.5, 0.6) is 11.5 Å². The normalized spacial score (nSPS) is 14.2. The van der Waals surface area contributed by atoms with E-state index >= 15 is 0 Å². The first kappa shape index (κ1) is 17.3. The van der Waals surface area contributed by atoms with Crippen molar-refractivity contribution in [3.63, 3.8) is 0 Å². The lowest BCUT2D eigenvalue weighted by atomic mass is 9.75. The van der Waals surface area contributed by atoms with Gasteiger partial charge in [0.15, 0.2) is 0 Å². The molecule has 0 aliphatic heterocycles. The first-order chi connectivity index (χ1) is 10.9. The van der Waals surface area contributed by atoms with Crippen LogP contribution in [0.3, 0.4) is 0 Å². The molecule has 4 heteroatoms. The Morgan fingerprint density at radius 1 is 0.696 bits per heavy atom. The van der Waals surface area contributed by atoms with E-state index < -0.39 is 17.6 Å². The largest absolute Gasteiger partial charge is 0.497 e. The summed E-state index contributed by atoms with van der Waals surface area (Å²) in [7, 11) is 3.20. The van der Waals surface area contributed by atoms with Crippen molar-refractivity contribution in [3.05, 3.63) is 59.7 Å². The summed E-state index contributed by atoms with van der Waals surface area (Å²) in [6, 6.07) is 14.4. The third-order valence-electron chi connectivity index (χ3n) is 4.27. The van der Waals surface area contributed by atoms with Crippen LogP contribution in [0.1, 0.15) is 37.2 Å². The van der Waals surface area contributed by atoms with E-state index in [0.717, 1.165) is 22.6 Å². The molecule has 0 spiro atoms. The topological polar surface area (TPSA) is 58.9 Å². The van der Waals surface area contributed by atoms with E-state index in [1.165, 1.54) is 0 Å². The molecule has 0 heterocycles. The van der Waals surface area contributed by atoms with Gasteiger partial charge in [-0.05, 0) is 35.4 Å². The third kappa shape index (κ3) is 3.66. The minimum Gasteiger partial charge on any atom is -0.497 e. The smallest absolute Gasteiger partial charge is 0.118 e. The number of aliphatic hydroxyl groups excluding tert-OH is 2. The highest BCUT2D eigenvalue weighted by molar-refractivity contribution is 5.32. The van der Waals surface area contributed by atoms with Gasteiger partial charge in [0.25, 0.3) is 0 Å². The van der Waals surface area contributed by atoms with Gasteiger partial charge in [-0.3, -0.25) is 0 Å². The van der Waals surface area contributed by atoms with Gasteiger partial charge in [-0.15, -0.1) is 0 Å². The van der Waals surface area contributed by atoms with Crippen LogP contribution < -0.4 is 9.47 Å². The molecule has 0 aliphatic carbocycles. The van der Waals surface area contributed by atoms with Crippen LogP contribution in [0.15, 0.2) is 48.5 Å². The highest BCUT2D eigenvalue weighted by Crippen LogP contribution is 2.44. The number of rotatable bonds is 6. The van der Waals surface area contributed by atoms with Crippen molar-refractivity contribution in [1.82, 2.24) is 0 Å². The highest BCUT2D eigenvalue weighted by Gasteiger charge is 2.37. The number of hydrogen-bond donors (Lipinski definition) is 2. The van der Waals surface area contributed by atoms with Gasteiger partial charge in [0, 0.05) is 5.41 Å². The summed E-state index contributed by atoms with van der Waals surface area (Å²) in [6.45, 7) is 3.69. The maximum absolute atomic E-state index is 10.7. The van der Waals surface area contributed by atoms with Crippen LogP contribution in [0.4, 0.5) is 0 Å². The van der Waals surface area contributed by atoms with Crippen molar-refractivity contribution in [2.45, 2.75) is 26.1 Å². The van der Waals surface area contributed by atoms with Crippen molar-refractivity contribution >= 4 is 0 Å². The van der Waals surface area contributed by atoms with Gasteiger partial charge in [0.1, 0.15) is 11.5 Å². The van der Waals surface area contributed by atoms with Crippen molar-refractivity contribution in [2.75, 3.05) is 14.2 Å². The number of methoxy groups -OCH3 is 2. The molecule has 0 unspecified atom stereocenters. The monoisotopic (exact) mass is 316 g/mol. The first-order valence-electron chi connectivity index (χ1n) is 7.54. The lowest BCUT2D eigenvalue weighted by molar-refractivity contribution is -0.0513. The van der Waals surface area contributed by atoms with Crippen LogP contribution in [0, 0.1) is 5.41 Å². The Labute approximate surface area is 137 Å². The van der Waals surface area contributed by atoms with Gasteiger partial charge < -0.3 is 19.7 Å². The fourth-order valence-electron chi connectivity index (χ4n) is 2.58. The molecule has 0 saturated heterocycles. The molecule has 0 fully saturated rings. The number of hydrogen-bond acceptors (Lipinski definition) is 4. The van der Waals surface area contributed by atoms with E-state index in [1.807, 2.05) is 38.1 Å². The summed E-state index contributed by atoms with van der Waals surface area (Å²) in [4.78, 5) is 0. The van der Waals surface area contributed by atoms with Gasteiger partial charge in [-0.1, -0.05) is 38.1 Å². The van der Waals surface area contributed by atoms with E-state index in [0.29, 0.717) is 0 Å². The van der Waals surface area contributed by atoms with Crippen molar-refractivity contribution in [3.8, 4) is 11.5 Å². The maximum Gasteiger partial charge on any atom is 0.118 e. The Hall–Kier alpha value is -2.04. The fraction of sp³-hybridized carbons (Fsp3) is 0.368. The summed E-state index contributed by atoms with van der Waals surface area (Å²) in [5, 5.41) is 21.4. The maximum atomic E-state index is 10.7. The van der Waals surface area contributed by atoms with Gasteiger partial charge in [0.05, 0.1) is 26.4 Å². The Morgan fingerprint density at radius 2 is 1.00 bits per heavy atom. The summed E-state index contributed by atoms with van der Waals surface area (Å²) in [6.07, 6.45) is -1.63. The Balaban J connectivity index is 2.23. The lowest BCUT2D eigenvalue weighted by Crippen LogP contribution is -2.29. The van der Waals surface area contributed by atoms with Crippen LogP contribution in [-0.4, -0.2) is 24.4 Å². The zero-order valence-corrected chi connectivity index (χ0v) is 14.0. The summed E-state index contributed by atoms with van der Waals surface area (Å²) < 4.78 is 10.3. The van der Waals surface area contributed by atoms with E-state index in [9.17, 15) is 10.2 Å². The van der Waals surface area contributed by atoms with E-state index in [1.54, 1.807) is 38.5 Å². The molecule has 2 atom stereocenters. The van der Waals surface area contributed by atoms with Crippen molar-refractivity contribution < 1.29 is 19.7 Å². The summed E-state index contributed by atoms with van der Waals surface area (Å²) >= 11 is 0. The molecule has 0 aliphatic rings. The van der Waals surface area contributed by atoms with Crippen LogP contribution in [0.2, 0.25) is 0 Å². The molecule has 0 bridgehead atoms. The standard InChI is InChI=1S/C19H24O4/c1-19(2,17(20)13-5-9-15(22-3)10-6-13)18(21)14-7-11-16(23-4)12-8-14/h5-12,17-18,20-21H,1-4H3/t17-,18+. The van der Waals surface area contributed by atoms with Crippen LogP contribution >= 0.6 is 0 Å². The minimum absolute atomic E-state index is 0.731. The van der Waals surface area contributed by atoms with E-state index in [4.69, 9.17) is 9.47 Å². The van der Waals surface area contributed by atoms with E-state index in [2.05, 4.69) is 0 Å². The van der Waals surface area contributed by atoms with Gasteiger partial charge in [-0.25, -0.2) is 0 Å². The Morgan fingerprint density at radius 3 is 1.26 bits per heavy atom.